The van der Waals surface area contributed by atoms with Gasteiger partial charge < -0.3 is 20.3 Å². The van der Waals surface area contributed by atoms with Crippen molar-refractivity contribution in [3.8, 4) is 0 Å². The van der Waals surface area contributed by atoms with Crippen LogP contribution in [-0.4, -0.2) is 86.7 Å². The predicted octanol–water partition coefficient (Wildman–Crippen LogP) is 1.38. The molecule has 2 aliphatic rings. The van der Waals surface area contributed by atoms with Crippen LogP contribution >= 0.6 is 24.0 Å². The van der Waals surface area contributed by atoms with Crippen molar-refractivity contribution in [1.82, 2.24) is 20.4 Å². The van der Waals surface area contributed by atoms with Gasteiger partial charge >= 0.3 is 0 Å². The first kappa shape index (κ1) is 24.4. The fourth-order valence-corrected chi connectivity index (χ4v) is 3.73. The summed E-state index contributed by atoms with van der Waals surface area (Å²) < 4.78 is 5.48. The second-order valence-electron chi connectivity index (χ2n) is 7.98. The zero-order valence-corrected chi connectivity index (χ0v) is 19.9. The quantitative estimate of drug-likeness (QED) is 0.331. The molecule has 0 aromatic heterocycles. The van der Waals surface area contributed by atoms with Gasteiger partial charge in [-0.25, -0.2) is 0 Å². The molecule has 2 fully saturated rings. The number of likely N-dealkylation sites (tertiary alicyclic amines) is 1. The first-order valence-corrected chi connectivity index (χ1v) is 10.00. The Morgan fingerprint density at radius 1 is 1.19 bits per heavy atom. The number of amides is 1. The van der Waals surface area contributed by atoms with E-state index in [0.29, 0.717) is 12.0 Å². The van der Waals surface area contributed by atoms with Gasteiger partial charge in [0.05, 0.1) is 13.2 Å². The van der Waals surface area contributed by atoms with Gasteiger partial charge in [0, 0.05) is 57.8 Å². The molecule has 158 valence electrons. The van der Waals surface area contributed by atoms with Gasteiger partial charge in [-0.2, -0.15) is 0 Å². The maximum atomic E-state index is 12.1. The zero-order chi connectivity index (χ0) is 19.1. The summed E-state index contributed by atoms with van der Waals surface area (Å²) in [6, 6.07) is 0.727. The van der Waals surface area contributed by atoms with Gasteiger partial charge in [-0.15, -0.1) is 24.0 Å². The minimum absolute atomic E-state index is 0. The molecule has 0 spiro atoms. The summed E-state index contributed by atoms with van der Waals surface area (Å²) in [6.45, 7) is 14.5. The number of carbonyl (C=O) groups excluding carboxylic acids is 1. The first-order chi connectivity index (χ1) is 12.4. The predicted molar refractivity (Wildman–Crippen MR) is 121 cm³/mol. The summed E-state index contributed by atoms with van der Waals surface area (Å²) in [6.07, 6.45) is 0.968. The Bertz CT molecular complexity index is 481. The molecular formula is C19H38IN5O2. The Labute approximate surface area is 181 Å². The number of halogens is 1. The molecule has 0 bridgehead atoms. The van der Waals surface area contributed by atoms with E-state index in [1.807, 2.05) is 18.7 Å². The fraction of sp³-hybridized carbons (Fsp3) is 0.895. The number of morpholine rings is 1. The first-order valence-electron chi connectivity index (χ1n) is 10.00. The number of carbonyl (C=O) groups is 1. The van der Waals surface area contributed by atoms with Crippen molar-refractivity contribution >= 4 is 35.8 Å². The summed E-state index contributed by atoms with van der Waals surface area (Å²) in [5.74, 6) is 1.69. The second-order valence-corrected chi connectivity index (χ2v) is 7.98. The molecule has 2 saturated heterocycles. The lowest BCUT2D eigenvalue weighted by Crippen LogP contribution is -2.53. The van der Waals surface area contributed by atoms with Crippen LogP contribution in [0.3, 0.4) is 0 Å². The van der Waals surface area contributed by atoms with Crippen LogP contribution in [0.4, 0.5) is 0 Å². The van der Waals surface area contributed by atoms with Crippen molar-refractivity contribution in [2.45, 2.75) is 46.2 Å². The lowest BCUT2D eigenvalue weighted by Gasteiger charge is -2.37. The average molecular weight is 495 g/mol. The molecular weight excluding hydrogens is 457 g/mol. The number of hydrogen-bond donors (Lipinski definition) is 2. The van der Waals surface area contributed by atoms with E-state index >= 15 is 0 Å². The summed E-state index contributed by atoms with van der Waals surface area (Å²) >= 11 is 0. The number of nitrogens with zero attached hydrogens (tertiary/aromatic N) is 3. The summed E-state index contributed by atoms with van der Waals surface area (Å²) in [5, 5.41) is 6.98. The zero-order valence-electron chi connectivity index (χ0n) is 17.5. The highest BCUT2D eigenvalue weighted by Crippen LogP contribution is 2.14. The molecule has 2 rings (SSSR count). The van der Waals surface area contributed by atoms with E-state index in [1.165, 1.54) is 0 Å². The highest BCUT2D eigenvalue weighted by Gasteiger charge is 2.28. The topological polar surface area (TPSA) is 69.2 Å². The summed E-state index contributed by atoms with van der Waals surface area (Å²) in [7, 11) is 1.81. The smallest absolute Gasteiger partial charge is 0.225 e. The lowest BCUT2D eigenvalue weighted by molar-refractivity contribution is -0.133. The minimum Gasteiger partial charge on any atom is -0.379 e. The Morgan fingerprint density at radius 3 is 2.41 bits per heavy atom. The van der Waals surface area contributed by atoms with Gasteiger partial charge in [0.15, 0.2) is 5.96 Å². The Morgan fingerprint density at radius 2 is 1.85 bits per heavy atom. The molecule has 2 N–H and O–H groups in total. The standard InChI is InChI=1S/C19H37N5O2.HI/c1-14(2)17(23-8-10-26-11-9-23)12-21-19(20-5)22-16-6-7-24(13-16)18(25)15(3)4;/h14-17H,6-13H2,1-5H3,(H2,20,21,22);1H. The maximum absolute atomic E-state index is 12.1. The van der Waals surface area contributed by atoms with E-state index < -0.39 is 0 Å². The third kappa shape index (κ3) is 7.38. The molecule has 0 radical (unpaired) electrons. The van der Waals surface area contributed by atoms with Crippen LogP contribution in [0.25, 0.3) is 0 Å². The molecule has 2 heterocycles. The Kier molecular flexibility index (Phi) is 10.9. The van der Waals surface area contributed by atoms with Crippen LogP contribution in [0.2, 0.25) is 0 Å². The van der Waals surface area contributed by atoms with Gasteiger partial charge in [0.1, 0.15) is 0 Å². The van der Waals surface area contributed by atoms with Crippen molar-refractivity contribution in [2.75, 3.05) is 53.0 Å². The molecule has 0 aliphatic carbocycles. The van der Waals surface area contributed by atoms with Crippen molar-refractivity contribution in [3.05, 3.63) is 0 Å². The van der Waals surface area contributed by atoms with Crippen LogP contribution in [0.5, 0.6) is 0 Å². The van der Waals surface area contributed by atoms with E-state index in [2.05, 4.69) is 34.4 Å². The molecule has 0 aromatic rings. The largest absolute Gasteiger partial charge is 0.379 e. The van der Waals surface area contributed by atoms with Crippen molar-refractivity contribution < 1.29 is 9.53 Å². The molecule has 2 atom stereocenters. The van der Waals surface area contributed by atoms with Gasteiger partial charge in [-0.05, 0) is 12.3 Å². The van der Waals surface area contributed by atoms with Crippen molar-refractivity contribution in [2.24, 2.45) is 16.8 Å². The van der Waals surface area contributed by atoms with Crippen molar-refractivity contribution in [3.63, 3.8) is 0 Å². The van der Waals surface area contributed by atoms with E-state index in [-0.39, 0.29) is 41.8 Å². The second kappa shape index (κ2) is 12.1. The monoisotopic (exact) mass is 495 g/mol. The SMILES string of the molecule is CN=C(NCC(C(C)C)N1CCOCC1)NC1CCN(C(=O)C(C)C)C1.I. The molecule has 1 amide bonds. The number of guanidine groups is 1. The number of nitrogens with one attached hydrogen (secondary N) is 2. The van der Waals surface area contributed by atoms with Crippen LogP contribution < -0.4 is 10.6 Å². The molecule has 8 heteroatoms. The Hall–Kier alpha value is -0.610. The highest BCUT2D eigenvalue weighted by molar-refractivity contribution is 14.0. The fourth-order valence-electron chi connectivity index (χ4n) is 3.73. The van der Waals surface area contributed by atoms with Crippen LogP contribution in [0, 0.1) is 11.8 Å². The van der Waals surface area contributed by atoms with Gasteiger partial charge in [0.25, 0.3) is 0 Å². The lowest BCUT2D eigenvalue weighted by atomic mass is 10.0. The van der Waals surface area contributed by atoms with E-state index in [9.17, 15) is 4.79 Å². The van der Waals surface area contributed by atoms with E-state index in [4.69, 9.17) is 4.74 Å². The number of ether oxygens (including phenoxy) is 1. The maximum Gasteiger partial charge on any atom is 0.225 e. The van der Waals surface area contributed by atoms with Gasteiger partial charge in [-0.3, -0.25) is 14.7 Å². The summed E-state index contributed by atoms with van der Waals surface area (Å²) in [5.41, 5.74) is 0. The molecule has 0 saturated carbocycles. The number of rotatable bonds is 6. The molecule has 0 aromatic carbocycles. The third-order valence-electron chi connectivity index (χ3n) is 5.32. The minimum atomic E-state index is 0. The van der Waals surface area contributed by atoms with Gasteiger partial charge in [-0.1, -0.05) is 27.7 Å². The van der Waals surface area contributed by atoms with Crippen molar-refractivity contribution in [1.29, 1.82) is 0 Å². The highest BCUT2D eigenvalue weighted by atomic mass is 127. The van der Waals surface area contributed by atoms with Crippen LogP contribution in [-0.2, 0) is 9.53 Å². The summed E-state index contributed by atoms with van der Waals surface area (Å²) in [4.78, 5) is 21.0. The molecule has 2 unspecified atom stereocenters. The number of aliphatic imine (C=N–C) groups is 1. The van der Waals surface area contributed by atoms with Crippen LogP contribution in [0.15, 0.2) is 4.99 Å². The van der Waals surface area contributed by atoms with Gasteiger partial charge in [0.2, 0.25) is 5.91 Å². The van der Waals surface area contributed by atoms with E-state index in [1.54, 1.807) is 7.05 Å². The normalized spacial score (nSPS) is 22.7. The molecule has 7 nitrogen and oxygen atoms in total. The Balaban J connectivity index is 0.00000364. The van der Waals surface area contributed by atoms with E-state index in [0.717, 1.165) is 58.3 Å². The average Bonchev–Trinajstić information content (AvgIpc) is 3.09. The van der Waals surface area contributed by atoms with Crippen LogP contribution in [0.1, 0.15) is 34.1 Å². The molecule has 27 heavy (non-hydrogen) atoms. The third-order valence-corrected chi connectivity index (χ3v) is 5.32. The number of hydrogen-bond acceptors (Lipinski definition) is 4. The molecule has 2 aliphatic heterocycles.